The van der Waals surface area contributed by atoms with Crippen molar-refractivity contribution in [1.29, 1.82) is 0 Å². The molecule has 0 aliphatic heterocycles. The van der Waals surface area contributed by atoms with Crippen LogP contribution in [0.2, 0.25) is 0 Å². The molecule has 0 aliphatic carbocycles. The van der Waals surface area contributed by atoms with Gasteiger partial charge in [0.2, 0.25) is 22.6 Å². The molecule has 0 aromatic carbocycles. The van der Waals surface area contributed by atoms with Crippen molar-refractivity contribution in [3.05, 3.63) is 51.8 Å². The first-order chi connectivity index (χ1) is 13.6. The van der Waals surface area contributed by atoms with Crippen molar-refractivity contribution in [1.82, 2.24) is 29.7 Å². The van der Waals surface area contributed by atoms with E-state index in [1.54, 1.807) is 36.8 Å². The Morgan fingerprint density at radius 3 is 2.93 bits per heavy atom. The Balaban J connectivity index is 1.34. The van der Waals surface area contributed by atoms with E-state index >= 15 is 0 Å². The zero-order chi connectivity index (χ0) is 19.5. The van der Waals surface area contributed by atoms with Crippen molar-refractivity contribution in [2.24, 2.45) is 0 Å². The van der Waals surface area contributed by atoms with Crippen LogP contribution in [0.3, 0.4) is 0 Å². The summed E-state index contributed by atoms with van der Waals surface area (Å²) in [4.78, 5) is 36.4. The Hall–Kier alpha value is -3.47. The summed E-state index contributed by atoms with van der Waals surface area (Å²) < 4.78 is 6.68. The van der Waals surface area contributed by atoms with Crippen molar-refractivity contribution in [2.75, 3.05) is 5.32 Å². The quantitative estimate of drug-likeness (QED) is 0.522. The van der Waals surface area contributed by atoms with Crippen LogP contribution >= 0.6 is 11.3 Å². The maximum absolute atomic E-state index is 12.2. The predicted octanol–water partition coefficient (Wildman–Crippen LogP) is 1.87. The van der Waals surface area contributed by atoms with Gasteiger partial charge in [0.25, 0.3) is 5.56 Å². The molecule has 0 bridgehead atoms. The van der Waals surface area contributed by atoms with E-state index in [1.807, 2.05) is 0 Å². The molecule has 0 saturated carbocycles. The molecule has 1 N–H and O–H groups in total. The lowest BCUT2D eigenvalue weighted by Gasteiger charge is -2.03. The zero-order valence-corrected chi connectivity index (χ0v) is 15.6. The second-order valence-corrected chi connectivity index (χ2v) is 6.80. The van der Waals surface area contributed by atoms with Crippen molar-refractivity contribution in [3.63, 3.8) is 0 Å². The molecule has 0 atom stereocenters. The standard InChI is InChI=1S/C17H15N7O3S/c1-10-16(26)21-17-24(22-10)12(9-28-17)19-13(25)3-2-4-14-20-15(23-27-14)11-5-7-18-8-6-11/h5-9H,2-4H2,1H3,(H,19,25). The number of thiazole rings is 1. The molecule has 142 valence electrons. The molecule has 4 aromatic rings. The van der Waals surface area contributed by atoms with Crippen LogP contribution < -0.4 is 10.9 Å². The van der Waals surface area contributed by atoms with E-state index in [0.29, 0.717) is 35.3 Å². The third-order valence-corrected chi connectivity index (χ3v) is 4.73. The third kappa shape index (κ3) is 3.78. The van der Waals surface area contributed by atoms with Crippen LogP contribution in [0.15, 0.2) is 39.2 Å². The van der Waals surface area contributed by atoms with Gasteiger partial charge in [0, 0.05) is 36.2 Å². The number of hydrogen-bond donors (Lipinski definition) is 1. The van der Waals surface area contributed by atoms with E-state index in [2.05, 4.69) is 30.5 Å². The fraction of sp³-hybridized carbons (Fsp3) is 0.235. The molecule has 0 radical (unpaired) electrons. The topological polar surface area (TPSA) is 128 Å². The fourth-order valence-electron chi connectivity index (χ4n) is 2.50. The minimum absolute atomic E-state index is 0.174. The highest BCUT2D eigenvalue weighted by molar-refractivity contribution is 7.15. The summed E-state index contributed by atoms with van der Waals surface area (Å²) >= 11 is 1.24. The molecular formula is C17H15N7O3S. The van der Waals surface area contributed by atoms with Crippen LogP contribution in [-0.2, 0) is 11.2 Å². The molecule has 28 heavy (non-hydrogen) atoms. The highest BCUT2D eigenvalue weighted by atomic mass is 32.1. The van der Waals surface area contributed by atoms with Gasteiger partial charge < -0.3 is 9.84 Å². The van der Waals surface area contributed by atoms with Crippen LogP contribution in [0.1, 0.15) is 24.4 Å². The Kier molecular flexibility index (Phi) is 4.89. The van der Waals surface area contributed by atoms with Gasteiger partial charge in [-0.3, -0.25) is 14.6 Å². The zero-order valence-electron chi connectivity index (χ0n) is 14.8. The van der Waals surface area contributed by atoms with Crippen LogP contribution in [0.4, 0.5) is 5.82 Å². The maximum Gasteiger partial charge on any atom is 0.295 e. The number of aromatic nitrogens is 6. The highest BCUT2D eigenvalue weighted by Gasteiger charge is 2.12. The summed E-state index contributed by atoms with van der Waals surface area (Å²) in [6.45, 7) is 1.58. The lowest BCUT2D eigenvalue weighted by molar-refractivity contribution is -0.116. The molecule has 0 saturated heterocycles. The number of pyridine rings is 1. The first-order valence-corrected chi connectivity index (χ1v) is 9.36. The predicted molar refractivity (Wildman–Crippen MR) is 101 cm³/mol. The van der Waals surface area contributed by atoms with Crippen molar-refractivity contribution in [2.45, 2.75) is 26.2 Å². The molecular weight excluding hydrogens is 382 g/mol. The molecule has 0 fully saturated rings. The van der Waals surface area contributed by atoms with Crippen molar-refractivity contribution in [3.8, 4) is 11.4 Å². The molecule has 4 heterocycles. The number of aryl methyl sites for hydroxylation is 2. The summed E-state index contributed by atoms with van der Waals surface area (Å²) in [5.74, 6) is 1.28. The number of rotatable bonds is 6. The van der Waals surface area contributed by atoms with Gasteiger partial charge in [-0.1, -0.05) is 5.16 Å². The van der Waals surface area contributed by atoms with Crippen LogP contribution in [-0.4, -0.2) is 35.6 Å². The second kappa shape index (κ2) is 7.64. The lowest BCUT2D eigenvalue weighted by Crippen LogP contribution is -2.18. The van der Waals surface area contributed by atoms with Gasteiger partial charge in [-0.2, -0.15) is 19.6 Å². The summed E-state index contributed by atoms with van der Waals surface area (Å²) in [6.07, 6.45) is 4.63. The number of anilines is 1. The minimum atomic E-state index is -0.370. The normalized spacial score (nSPS) is 11.0. The lowest BCUT2D eigenvalue weighted by atomic mass is 10.2. The summed E-state index contributed by atoms with van der Waals surface area (Å²) in [5.41, 5.74) is 0.722. The molecule has 4 rings (SSSR count). The van der Waals surface area contributed by atoms with E-state index in [0.717, 1.165) is 5.56 Å². The van der Waals surface area contributed by atoms with Crippen molar-refractivity contribution < 1.29 is 9.32 Å². The SMILES string of the molecule is Cc1nn2c(NC(=O)CCCc3nc(-c4ccncc4)no3)csc2nc1=O. The number of carbonyl (C=O) groups is 1. The van der Waals surface area contributed by atoms with E-state index in [4.69, 9.17) is 4.52 Å². The molecule has 0 aliphatic rings. The number of carbonyl (C=O) groups excluding carboxylic acids is 1. The number of nitrogens with one attached hydrogen (secondary N) is 1. The Labute approximate surface area is 162 Å². The van der Waals surface area contributed by atoms with Gasteiger partial charge in [0.1, 0.15) is 11.5 Å². The van der Waals surface area contributed by atoms with Gasteiger partial charge in [-0.15, -0.1) is 11.3 Å². The van der Waals surface area contributed by atoms with E-state index in [1.165, 1.54) is 15.9 Å². The number of fused-ring (bicyclic) bond motifs is 1. The number of nitrogens with zero attached hydrogens (tertiary/aromatic N) is 6. The van der Waals surface area contributed by atoms with E-state index in [-0.39, 0.29) is 23.6 Å². The summed E-state index contributed by atoms with van der Waals surface area (Å²) in [5, 5.41) is 12.6. The van der Waals surface area contributed by atoms with Gasteiger partial charge in [-0.25, -0.2) is 0 Å². The smallest absolute Gasteiger partial charge is 0.295 e. The first-order valence-electron chi connectivity index (χ1n) is 8.48. The molecule has 1 amide bonds. The fourth-order valence-corrected chi connectivity index (χ4v) is 3.26. The Morgan fingerprint density at radius 2 is 2.11 bits per heavy atom. The molecule has 10 nitrogen and oxygen atoms in total. The third-order valence-electron chi connectivity index (χ3n) is 3.91. The summed E-state index contributed by atoms with van der Waals surface area (Å²) in [6, 6.07) is 3.59. The summed E-state index contributed by atoms with van der Waals surface area (Å²) in [7, 11) is 0. The van der Waals surface area contributed by atoms with Gasteiger partial charge in [0.15, 0.2) is 0 Å². The average molecular weight is 397 g/mol. The monoisotopic (exact) mass is 397 g/mol. The molecule has 11 heteroatoms. The molecule has 0 unspecified atom stereocenters. The molecule has 0 spiro atoms. The van der Waals surface area contributed by atoms with E-state index < -0.39 is 0 Å². The van der Waals surface area contributed by atoms with E-state index in [9.17, 15) is 9.59 Å². The van der Waals surface area contributed by atoms with Crippen LogP contribution in [0, 0.1) is 6.92 Å². The first kappa shape index (κ1) is 17.9. The Bertz CT molecular complexity index is 1180. The van der Waals surface area contributed by atoms with Gasteiger partial charge in [-0.05, 0) is 25.5 Å². The maximum atomic E-state index is 12.2. The largest absolute Gasteiger partial charge is 0.339 e. The second-order valence-electron chi connectivity index (χ2n) is 5.97. The van der Waals surface area contributed by atoms with Crippen molar-refractivity contribution >= 4 is 28.0 Å². The number of hydrogen-bond acceptors (Lipinski definition) is 9. The minimum Gasteiger partial charge on any atom is -0.339 e. The molecule has 4 aromatic heterocycles. The van der Waals surface area contributed by atoms with Crippen LogP contribution in [0.5, 0.6) is 0 Å². The Morgan fingerprint density at radius 1 is 1.29 bits per heavy atom. The average Bonchev–Trinajstić information content (AvgIpc) is 3.31. The van der Waals surface area contributed by atoms with Gasteiger partial charge in [0.05, 0.1) is 0 Å². The number of amides is 1. The highest BCUT2D eigenvalue weighted by Crippen LogP contribution is 2.18. The van der Waals surface area contributed by atoms with Gasteiger partial charge >= 0.3 is 0 Å². The van der Waals surface area contributed by atoms with Crippen LogP contribution in [0.25, 0.3) is 16.3 Å².